The molecule has 2 aromatic carbocycles. The van der Waals surface area contributed by atoms with E-state index in [0.29, 0.717) is 12.2 Å². The quantitative estimate of drug-likeness (QED) is 0.519. The van der Waals surface area contributed by atoms with Crippen molar-refractivity contribution in [1.82, 2.24) is 0 Å². The molecule has 1 heterocycles. The lowest BCUT2D eigenvalue weighted by Gasteiger charge is -2.41. The van der Waals surface area contributed by atoms with Crippen LogP contribution in [0.15, 0.2) is 47.5 Å². The second-order valence-electron chi connectivity index (χ2n) is 7.79. The normalized spacial score (nSPS) is 15.4. The predicted molar refractivity (Wildman–Crippen MR) is 117 cm³/mol. The summed E-state index contributed by atoms with van der Waals surface area (Å²) in [5, 5.41) is 0. The van der Waals surface area contributed by atoms with Crippen LogP contribution in [-0.4, -0.2) is 31.4 Å². The largest absolute Gasteiger partial charge is 0.462 e. The van der Waals surface area contributed by atoms with Gasteiger partial charge in [-0.3, -0.25) is 4.99 Å². The lowest BCUT2D eigenvalue weighted by molar-refractivity contribution is 0.0526. The van der Waals surface area contributed by atoms with Gasteiger partial charge in [0, 0.05) is 24.5 Å². The molecule has 0 amide bonds. The standard InChI is InChI=1S/C24H28N2O2/c1-7-28-23(27)18-8-10-20(11-9-18)25-15-19-13-21-17(3)14-24(4,5)26(6)22(21)12-16(19)2/h8-15H,7H2,1-6H3. The second-order valence-corrected chi connectivity index (χ2v) is 7.79. The van der Waals surface area contributed by atoms with E-state index in [9.17, 15) is 4.79 Å². The Hall–Kier alpha value is -2.88. The van der Waals surface area contributed by atoms with E-state index in [1.54, 1.807) is 19.1 Å². The Morgan fingerprint density at radius 3 is 2.50 bits per heavy atom. The molecule has 0 aromatic heterocycles. The van der Waals surface area contributed by atoms with Crippen molar-refractivity contribution in [3.05, 3.63) is 64.7 Å². The van der Waals surface area contributed by atoms with Crippen LogP contribution in [0.25, 0.3) is 5.57 Å². The number of fused-ring (bicyclic) bond motifs is 1. The van der Waals surface area contributed by atoms with Crippen molar-refractivity contribution in [2.75, 3.05) is 18.6 Å². The molecule has 0 saturated heterocycles. The third-order valence-electron chi connectivity index (χ3n) is 5.34. The number of likely N-dealkylation sites (N-methyl/N-ethyl adjacent to an activating group) is 1. The molecule has 0 radical (unpaired) electrons. The van der Waals surface area contributed by atoms with Gasteiger partial charge in [-0.15, -0.1) is 0 Å². The zero-order valence-corrected chi connectivity index (χ0v) is 17.5. The van der Waals surface area contributed by atoms with Crippen LogP contribution in [0, 0.1) is 6.92 Å². The number of hydrogen-bond acceptors (Lipinski definition) is 4. The molecule has 0 fully saturated rings. The van der Waals surface area contributed by atoms with Crippen LogP contribution in [0.4, 0.5) is 11.4 Å². The van der Waals surface area contributed by atoms with Crippen molar-refractivity contribution in [1.29, 1.82) is 0 Å². The molecule has 0 saturated carbocycles. The van der Waals surface area contributed by atoms with Crippen LogP contribution in [0.2, 0.25) is 0 Å². The molecule has 0 unspecified atom stereocenters. The molecule has 1 aliphatic heterocycles. The molecule has 3 rings (SSSR count). The lowest BCUT2D eigenvalue weighted by atomic mass is 9.87. The maximum absolute atomic E-state index is 11.7. The van der Waals surface area contributed by atoms with Crippen LogP contribution in [-0.2, 0) is 4.74 Å². The van der Waals surface area contributed by atoms with Crippen LogP contribution < -0.4 is 4.90 Å². The summed E-state index contributed by atoms with van der Waals surface area (Å²) in [5.74, 6) is -0.308. The van der Waals surface area contributed by atoms with Gasteiger partial charge in [0.1, 0.15) is 0 Å². The smallest absolute Gasteiger partial charge is 0.338 e. The summed E-state index contributed by atoms with van der Waals surface area (Å²) in [6.45, 7) is 10.9. The predicted octanol–water partition coefficient (Wildman–Crippen LogP) is 5.55. The fraction of sp³-hybridized carbons (Fsp3) is 0.333. The third-order valence-corrected chi connectivity index (χ3v) is 5.34. The molecular weight excluding hydrogens is 348 g/mol. The molecule has 28 heavy (non-hydrogen) atoms. The Morgan fingerprint density at radius 1 is 1.18 bits per heavy atom. The first-order valence-corrected chi connectivity index (χ1v) is 9.62. The number of aryl methyl sites for hydroxylation is 1. The third kappa shape index (κ3) is 3.86. The van der Waals surface area contributed by atoms with E-state index in [1.807, 2.05) is 18.3 Å². The summed E-state index contributed by atoms with van der Waals surface area (Å²) in [7, 11) is 2.14. The fourth-order valence-electron chi connectivity index (χ4n) is 3.50. The van der Waals surface area contributed by atoms with E-state index in [4.69, 9.17) is 4.74 Å². The molecule has 0 aliphatic carbocycles. The molecule has 1 aliphatic rings. The molecule has 146 valence electrons. The molecule has 0 bridgehead atoms. The average molecular weight is 377 g/mol. The summed E-state index contributed by atoms with van der Waals surface area (Å²) < 4.78 is 5.01. The van der Waals surface area contributed by atoms with Crippen LogP contribution >= 0.6 is 0 Å². The lowest BCUT2D eigenvalue weighted by Crippen LogP contribution is -2.42. The van der Waals surface area contributed by atoms with Gasteiger partial charge in [-0.05, 0) is 87.7 Å². The maximum Gasteiger partial charge on any atom is 0.338 e. The van der Waals surface area contributed by atoms with E-state index < -0.39 is 0 Å². The molecule has 0 N–H and O–H groups in total. The Morgan fingerprint density at radius 2 is 1.86 bits per heavy atom. The Balaban J connectivity index is 1.88. The fourth-order valence-corrected chi connectivity index (χ4v) is 3.50. The molecule has 0 atom stereocenters. The van der Waals surface area contributed by atoms with Gasteiger partial charge in [0.05, 0.1) is 23.4 Å². The van der Waals surface area contributed by atoms with Gasteiger partial charge in [-0.1, -0.05) is 6.08 Å². The SMILES string of the molecule is CCOC(=O)c1ccc(N=Cc2cc3c(cc2C)N(C)C(C)(C)C=C3C)cc1. The van der Waals surface area contributed by atoms with E-state index in [0.717, 1.165) is 11.3 Å². The number of allylic oxidation sites excluding steroid dienone is 1. The number of carbonyl (C=O) groups is 1. The summed E-state index contributed by atoms with van der Waals surface area (Å²) in [6, 6.07) is 11.6. The minimum absolute atomic E-state index is 0.000198. The Labute approximate surface area is 167 Å². The highest BCUT2D eigenvalue weighted by molar-refractivity contribution is 5.91. The summed E-state index contributed by atoms with van der Waals surface area (Å²) >= 11 is 0. The van der Waals surface area contributed by atoms with Crippen LogP contribution in [0.3, 0.4) is 0 Å². The highest BCUT2D eigenvalue weighted by Gasteiger charge is 2.28. The topological polar surface area (TPSA) is 41.9 Å². The Bertz CT molecular complexity index is 953. The van der Waals surface area contributed by atoms with Crippen molar-refractivity contribution >= 4 is 29.1 Å². The number of rotatable bonds is 4. The molecule has 4 heteroatoms. The summed E-state index contributed by atoms with van der Waals surface area (Å²) in [5.41, 5.74) is 7.39. The van der Waals surface area contributed by atoms with E-state index >= 15 is 0 Å². The number of hydrogen-bond donors (Lipinski definition) is 0. The summed E-state index contributed by atoms with van der Waals surface area (Å²) in [4.78, 5) is 18.7. The highest BCUT2D eigenvalue weighted by atomic mass is 16.5. The monoisotopic (exact) mass is 376 g/mol. The number of nitrogens with zero attached hydrogens (tertiary/aromatic N) is 2. The zero-order chi connectivity index (χ0) is 20.5. The number of aliphatic imine (C=N–C) groups is 1. The molecule has 2 aromatic rings. The van der Waals surface area contributed by atoms with Crippen molar-refractivity contribution in [3.8, 4) is 0 Å². The van der Waals surface area contributed by atoms with Gasteiger partial charge in [-0.2, -0.15) is 0 Å². The van der Waals surface area contributed by atoms with Gasteiger partial charge in [0.2, 0.25) is 0 Å². The van der Waals surface area contributed by atoms with Gasteiger partial charge in [-0.25, -0.2) is 4.79 Å². The van der Waals surface area contributed by atoms with Gasteiger partial charge < -0.3 is 9.64 Å². The number of benzene rings is 2. The number of anilines is 1. The highest BCUT2D eigenvalue weighted by Crippen LogP contribution is 2.39. The van der Waals surface area contributed by atoms with E-state index in [-0.39, 0.29) is 11.5 Å². The molecule has 4 nitrogen and oxygen atoms in total. The van der Waals surface area contributed by atoms with E-state index in [1.165, 1.54) is 22.4 Å². The van der Waals surface area contributed by atoms with Crippen molar-refractivity contribution < 1.29 is 9.53 Å². The molecular formula is C24H28N2O2. The number of ether oxygens (including phenoxy) is 1. The molecule has 0 spiro atoms. The summed E-state index contributed by atoms with van der Waals surface area (Å²) in [6.07, 6.45) is 4.20. The van der Waals surface area contributed by atoms with Crippen molar-refractivity contribution in [2.45, 2.75) is 40.2 Å². The van der Waals surface area contributed by atoms with Gasteiger partial charge in [0.15, 0.2) is 0 Å². The maximum atomic E-state index is 11.7. The minimum atomic E-state index is -0.308. The van der Waals surface area contributed by atoms with Gasteiger partial charge >= 0.3 is 5.97 Å². The first-order chi connectivity index (χ1) is 13.2. The van der Waals surface area contributed by atoms with Crippen LogP contribution in [0.1, 0.15) is 54.7 Å². The number of esters is 1. The van der Waals surface area contributed by atoms with Crippen molar-refractivity contribution in [3.63, 3.8) is 0 Å². The number of carbonyl (C=O) groups excluding carboxylic acids is 1. The minimum Gasteiger partial charge on any atom is -0.462 e. The average Bonchev–Trinajstić information content (AvgIpc) is 2.65. The van der Waals surface area contributed by atoms with Gasteiger partial charge in [0.25, 0.3) is 0 Å². The first-order valence-electron chi connectivity index (χ1n) is 9.62. The van der Waals surface area contributed by atoms with Crippen molar-refractivity contribution in [2.24, 2.45) is 4.99 Å². The van der Waals surface area contributed by atoms with E-state index in [2.05, 4.69) is 62.8 Å². The van der Waals surface area contributed by atoms with Crippen LogP contribution in [0.5, 0.6) is 0 Å². The second kappa shape index (κ2) is 7.63. The zero-order valence-electron chi connectivity index (χ0n) is 17.5. The first kappa shape index (κ1) is 19.9. The Kier molecular flexibility index (Phi) is 5.41.